The van der Waals surface area contributed by atoms with Crippen LogP contribution in [-0.2, 0) is 19.9 Å². The lowest BCUT2D eigenvalue weighted by atomic mass is 10.5. The lowest BCUT2D eigenvalue weighted by Crippen LogP contribution is -2.12. The number of sulfone groups is 1. The first-order valence-electron chi connectivity index (χ1n) is 3.70. The molecule has 0 aliphatic carbocycles. The Bertz CT molecular complexity index is 547. The number of aromatic nitrogens is 2. The number of nitrogens with one attached hydrogen (secondary N) is 1. The molecule has 9 heteroatoms. The van der Waals surface area contributed by atoms with Gasteiger partial charge in [0.15, 0.2) is 20.7 Å². The van der Waals surface area contributed by atoms with Crippen molar-refractivity contribution < 1.29 is 16.8 Å². The summed E-state index contributed by atoms with van der Waals surface area (Å²) in [5, 5.41) is 6.57. The average molecular weight is 251 g/mol. The third-order valence-corrected chi connectivity index (χ3v) is 2.87. The second-order valence-electron chi connectivity index (χ2n) is 2.90. The molecule has 1 N–H and O–H groups in total. The SMILES string of the molecule is CS(=O)(=O)Nc1ccc(S(C)(=O)=O)nn1. The quantitative estimate of drug-likeness (QED) is 0.757. The van der Waals surface area contributed by atoms with Gasteiger partial charge in [-0.05, 0) is 12.1 Å². The van der Waals surface area contributed by atoms with E-state index in [0.29, 0.717) is 0 Å². The van der Waals surface area contributed by atoms with Crippen molar-refractivity contribution in [1.29, 1.82) is 0 Å². The van der Waals surface area contributed by atoms with Crippen LogP contribution in [0.1, 0.15) is 0 Å². The zero-order valence-corrected chi connectivity index (χ0v) is 9.63. The number of sulfonamides is 1. The molecular formula is C6H9N3O4S2. The second-order valence-corrected chi connectivity index (χ2v) is 6.61. The predicted molar refractivity (Wildman–Crippen MR) is 53.6 cm³/mol. The van der Waals surface area contributed by atoms with Crippen LogP contribution in [0.3, 0.4) is 0 Å². The van der Waals surface area contributed by atoms with E-state index in [2.05, 4.69) is 14.9 Å². The third-order valence-electron chi connectivity index (χ3n) is 1.31. The van der Waals surface area contributed by atoms with Crippen LogP contribution in [-0.4, -0.2) is 39.5 Å². The van der Waals surface area contributed by atoms with Gasteiger partial charge in [0.2, 0.25) is 10.0 Å². The molecule has 0 aliphatic heterocycles. The van der Waals surface area contributed by atoms with Gasteiger partial charge in [-0.15, -0.1) is 10.2 Å². The standard InChI is InChI=1S/C6H9N3O4S2/c1-14(10,11)6-4-3-5(7-8-6)9-15(2,12)13/h3-4H,1-2H3,(H,7,9). The van der Waals surface area contributed by atoms with E-state index in [9.17, 15) is 16.8 Å². The molecule has 15 heavy (non-hydrogen) atoms. The smallest absolute Gasteiger partial charge is 0.231 e. The highest BCUT2D eigenvalue weighted by atomic mass is 32.2. The number of hydrogen-bond donors (Lipinski definition) is 1. The summed E-state index contributed by atoms with van der Waals surface area (Å²) in [6.45, 7) is 0. The van der Waals surface area contributed by atoms with Crippen LogP contribution in [0, 0.1) is 0 Å². The number of nitrogens with zero attached hydrogens (tertiary/aromatic N) is 2. The highest BCUT2D eigenvalue weighted by Crippen LogP contribution is 2.07. The first-order chi connectivity index (χ1) is 6.68. The maximum atomic E-state index is 11.0. The average Bonchev–Trinajstić information content (AvgIpc) is 2.00. The Labute approximate surface area is 87.5 Å². The van der Waals surface area contributed by atoms with Crippen molar-refractivity contribution in [2.24, 2.45) is 0 Å². The van der Waals surface area contributed by atoms with Crippen LogP contribution in [0.15, 0.2) is 17.2 Å². The molecule has 0 atom stereocenters. The second kappa shape index (κ2) is 3.74. The minimum atomic E-state index is -3.43. The van der Waals surface area contributed by atoms with Crippen molar-refractivity contribution in [3.05, 3.63) is 12.1 Å². The van der Waals surface area contributed by atoms with Crippen LogP contribution >= 0.6 is 0 Å². The van der Waals surface area contributed by atoms with Crippen LogP contribution in [0.5, 0.6) is 0 Å². The number of anilines is 1. The van der Waals surface area contributed by atoms with Gasteiger partial charge in [0, 0.05) is 6.26 Å². The molecule has 1 aromatic heterocycles. The van der Waals surface area contributed by atoms with Crippen LogP contribution < -0.4 is 4.72 Å². The van der Waals surface area contributed by atoms with E-state index in [1.165, 1.54) is 12.1 Å². The summed E-state index contributed by atoms with van der Waals surface area (Å²) in [7, 11) is -6.84. The molecule has 0 saturated heterocycles. The van der Waals surface area contributed by atoms with E-state index >= 15 is 0 Å². The molecule has 0 aliphatic rings. The van der Waals surface area contributed by atoms with Crippen molar-refractivity contribution in [1.82, 2.24) is 10.2 Å². The Hall–Kier alpha value is -1.22. The Kier molecular flexibility index (Phi) is 2.95. The molecule has 0 radical (unpaired) electrons. The molecule has 0 spiro atoms. The first-order valence-corrected chi connectivity index (χ1v) is 7.48. The fraction of sp³-hybridized carbons (Fsp3) is 0.333. The number of rotatable bonds is 3. The zero-order chi connectivity index (χ0) is 11.7. The van der Waals surface area contributed by atoms with Gasteiger partial charge in [-0.1, -0.05) is 0 Å². The molecule has 0 saturated carbocycles. The minimum absolute atomic E-state index is 0.0232. The van der Waals surface area contributed by atoms with Gasteiger partial charge in [-0.25, -0.2) is 16.8 Å². The van der Waals surface area contributed by atoms with Gasteiger partial charge in [0.1, 0.15) is 0 Å². The summed E-state index contributed by atoms with van der Waals surface area (Å²) in [5.74, 6) is -0.0232. The maximum absolute atomic E-state index is 11.0. The first kappa shape index (κ1) is 11.9. The predicted octanol–water partition coefficient (Wildman–Crippen LogP) is -0.748. The Morgan fingerprint density at radius 2 is 1.67 bits per heavy atom. The number of hydrogen-bond acceptors (Lipinski definition) is 6. The molecular weight excluding hydrogens is 242 g/mol. The van der Waals surface area contributed by atoms with E-state index in [1.54, 1.807) is 0 Å². The topological polar surface area (TPSA) is 106 Å². The molecule has 0 unspecified atom stereocenters. The lowest BCUT2D eigenvalue weighted by molar-refractivity contribution is 0.596. The normalized spacial score (nSPS) is 12.4. The van der Waals surface area contributed by atoms with Crippen molar-refractivity contribution in [2.75, 3.05) is 17.2 Å². The Morgan fingerprint density at radius 1 is 1.07 bits per heavy atom. The van der Waals surface area contributed by atoms with Gasteiger partial charge < -0.3 is 0 Å². The minimum Gasteiger partial charge on any atom is -0.266 e. The fourth-order valence-corrected chi connectivity index (χ4v) is 1.76. The van der Waals surface area contributed by atoms with Gasteiger partial charge >= 0.3 is 0 Å². The van der Waals surface area contributed by atoms with Gasteiger partial charge in [-0.3, -0.25) is 4.72 Å². The van der Waals surface area contributed by atoms with Crippen LogP contribution in [0.25, 0.3) is 0 Å². The Morgan fingerprint density at radius 3 is 2.00 bits per heavy atom. The van der Waals surface area contributed by atoms with Gasteiger partial charge in [-0.2, -0.15) is 0 Å². The van der Waals surface area contributed by atoms with Crippen molar-refractivity contribution >= 4 is 25.7 Å². The van der Waals surface area contributed by atoms with Gasteiger partial charge in [0.05, 0.1) is 6.26 Å². The summed E-state index contributed by atoms with van der Waals surface area (Å²) in [4.78, 5) is 0. The summed E-state index contributed by atoms with van der Waals surface area (Å²) in [6, 6.07) is 2.40. The Balaban J connectivity index is 3.02. The molecule has 1 heterocycles. The molecule has 84 valence electrons. The molecule has 1 aromatic rings. The fourth-order valence-electron chi connectivity index (χ4n) is 0.762. The zero-order valence-electron chi connectivity index (χ0n) is 8.00. The van der Waals surface area contributed by atoms with E-state index in [0.717, 1.165) is 12.5 Å². The molecule has 0 bridgehead atoms. The van der Waals surface area contributed by atoms with E-state index in [4.69, 9.17) is 0 Å². The highest BCUT2D eigenvalue weighted by molar-refractivity contribution is 7.92. The molecule has 1 rings (SSSR count). The highest BCUT2D eigenvalue weighted by Gasteiger charge is 2.10. The lowest BCUT2D eigenvalue weighted by Gasteiger charge is -2.01. The molecule has 0 fully saturated rings. The summed E-state index contributed by atoms with van der Waals surface area (Å²) < 4.78 is 45.6. The molecule has 0 aromatic carbocycles. The van der Waals surface area contributed by atoms with E-state index < -0.39 is 19.9 Å². The maximum Gasteiger partial charge on any atom is 0.231 e. The van der Waals surface area contributed by atoms with E-state index in [1.807, 2.05) is 0 Å². The molecule has 7 nitrogen and oxygen atoms in total. The largest absolute Gasteiger partial charge is 0.266 e. The van der Waals surface area contributed by atoms with Crippen molar-refractivity contribution in [3.63, 3.8) is 0 Å². The van der Waals surface area contributed by atoms with Gasteiger partial charge in [0.25, 0.3) is 0 Å². The van der Waals surface area contributed by atoms with Crippen molar-refractivity contribution in [3.8, 4) is 0 Å². The van der Waals surface area contributed by atoms with Crippen LogP contribution in [0.4, 0.5) is 5.82 Å². The monoisotopic (exact) mass is 251 g/mol. The molecule has 0 amide bonds. The van der Waals surface area contributed by atoms with E-state index in [-0.39, 0.29) is 10.8 Å². The summed E-state index contributed by atoms with van der Waals surface area (Å²) in [5.41, 5.74) is 0. The summed E-state index contributed by atoms with van der Waals surface area (Å²) in [6.07, 6.45) is 1.94. The third kappa shape index (κ3) is 3.80. The van der Waals surface area contributed by atoms with Crippen molar-refractivity contribution in [2.45, 2.75) is 5.03 Å². The summed E-state index contributed by atoms with van der Waals surface area (Å²) >= 11 is 0. The van der Waals surface area contributed by atoms with Crippen LogP contribution in [0.2, 0.25) is 0 Å².